The summed E-state index contributed by atoms with van der Waals surface area (Å²) >= 11 is 1.42. The van der Waals surface area contributed by atoms with Gasteiger partial charge < -0.3 is 20.6 Å². The normalized spacial score (nSPS) is 19.9. The fraction of sp³-hybridized carbons (Fsp3) is 0.583. The topological polar surface area (TPSA) is 95.6 Å². The molecule has 0 saturated carbocycles. The summed E-state index contributed by atoms with van der Waals surface area (Å²) in [5.41, 5.74) is 5.77. The maximum Gasteiger partial charge on any atom is 0.219 e. The third kappa shape index (κ3) is 3.51. The van der Waals surface area contributed by atoms with Gasteiger partial charge in [-0.15, -0.1) is 0 Å². The first kappa shape index (κ1) is 14.9. The number of aromatic nitrogens is 2. The number of carbonyl (C=O) groups excluding carboxylic acids is 1. The minimum Gasteiger partial charge on any atom is -0.389 e. The molecule has 0 bridgehead atoms. The second kappa shape index (κ2) is 6.27. The zero-order chi connectivity index (χ0) is 14.7. The van der Waals surface area contributed by atoms with E-state index in [2.05, 4.69) is 9.97 Å². The number of aliphatic hydroxyl groups is 1. The van der Waals surface area contributed by atoms with E-state index in [0.717, 1.165) is 0 Å². The first-order valence-corrected chi connectivity index (χ1v) is 7.59. The Labute approximate surface area is 122 Å². The molecule has 8 heteroatoms. The molecule has 1 amide bonds. The largest absolute Gasteiger partial charge is 0.389 e. The smallest absolute Gasteiger partial charge is 0.219 e. The Hall–Kier alpha value is -1.54. The second-order valence-corrected chi connectivity index (χ2v) is 5.48. The third-order valence-electron chi connectivity index (χ3n) is 3.17. The third-order valence-corrected chi connectivity index (χ3v) is 3.71. The number of nitrogens with two attached hydrogens (primary N) is 1. The summed E-state index contributed by atoms with van der Waals surface area (Å²) in [6, 6.07) is 1.69. The molecule has 110 valence electrons. The summed E-state index contributed by atoms with van der Waals surface area (Å²) in [4.78, 5) is 23.5. The average Bonchev–Trinajstić information content (AvgIpc) is 2.60. The van der Waals surface area contributed by atoms with E-state index < -0.39 is 6.10 Å². The second-order valence-electron chi connectivity index (χ2n) is 4.70. The standard InChI is InChI=1S/C12H19N5O2S/c1-8(18)16-3-4-17(7-9(19)6-16)11-5-10(13)14-12(15-11)20-2/h5,9,19H,3-4,6-7H2,1-2H3,(H2,13,14,15)/t9-/m0/s1. The van der Waals surface area contributed by atoms with Crippen molar-refractivity contribution in [2.45, 2.75) is 18.2 Å². The van der Waals surface area contributed by atoms with Gasteiger partial charge in [-0.05, 0) is 6.26 Å². The van der Waals surface area contributed by atoms with Gasteiger partial charge in [-0.25, -0.2) is 9.97 Å². The molecule has 1 aromatic rings. The van der Waals surface area contributed by atoms with Gasteiger partial charge in [0.05, 0.1) is 6.10 Å². The molecular formula is C12H19N5O2S. The van der Waals surface area contributed by atoms with E-state index in [1.54, 1.807) is 11.0 Å². The number of hydrogen-bond acceptors (Lipinski definition) is 7. The van der Waals surface area contributed by atoms with Gasteiger partial charge in [0.2, 0.25) is 5.91 Å². The van der Waals surface area contributed by atoms with Crippen LogP contribution in [0.15, 0.2) is 11.2 Å². The summed E-state index contributed by atoms with van der Waals surface area (Å²) in [7, 11) is 0. The lowest BCUT2D eigenvalue weighted by atomic mass is 10.3. The lowest BCUT2D eigenvalue weighted by Crippen LogP contribution is -2.36. The maximum atomic E-state index is 11.4. The fourth-order valence-corrected chi connectivity index (χ4v) is 2.55. The number of anilines is 2. The van der Waals surface area contributed by atoms with Crippen LogP contribution in [0.2, 0.25) is 0 Å². The van der Waals surface area contributed by atoms with Gasteiger partial charge in [-0.3, -0.25) is 4.79 Å². The molecule has 0 unspecified atom stereocenters. The molecule has 7 nitrogen and oxygen atoms in total. The van der Waals surface area contributed by atoms with Gasteiger partial charge in [-0.2, -0.15) is 0 Å². The van der Waals surface area contributed by atoms with Crippen molar-refractivity contribution in [1.29, 1.82) is 0 Å². The molecule has 1 atom stereocenters. The molecule has 1 fully saturated rings. The number of nitrogens with zero attached hydrogens (tertiary/aromatic N) is 4. The Morgan fingerprint density at radius 2 is 2.20 bits per heavy atom. The number of nitrogen functional groups attached to an aromatic ring is 1. The van der Waals surface area contributed by atoms with E-state index in [9.17, 15) is 9.90 Å². The Balaban J connectivity index is 2.20. The number of thioether (sulfide) groups is 1. The molecule has 1 saturated heterocycles. The zero-order valence-corrected chi connectivity index (χ0v) is 12.4. The number of rotatable bonds is 2. The van der Waals surface area contributed by atoms with E-state index in [1.807, 2.05) is 11.2 Å². The van der Waals surface area contributed by atoms with Crippen LogP contribution in [0.3, 0.4) is 0 Å². The zero-order valence-electron chi connectivity index (χ0n) is 11.6. The van der Waals surface area contributed by atoms with Crippen molar-refractivity contribution in [3.8, 4) is 0 Å². The first-order valence-electron chi connectivity index (χ1n) is 6.36. The number of β-amino-alcohol motifs (C(OH)–C–C–N with tert-alkyl or cyclic N) is 1. The predicted molar refractivity (Wildman–Crippen MR) is 78.7 cm³/mol. The van der Waals surface area contributed by atoms with E-state index in [-0.39, 0.29) is 5.91 Å². The number of carbonyl (C=O) groups is 1. The van der Waals surface area contributed by atoms with E-state index >= 15 is 0 Å². The number of amides is 1. The lowest BCUT2D eigenvalue weighted by molar-refractivity contribution is -0.129. The summed E-state index contributed by atoms with van der Waals surface area (Å²) in [6.07, 6.45) is 1.28. The molecule has 3 N–H and O–H groups in total. The minimum atomic E-state index is -0.602. The highest BCUT2D eigenvalue weighted by Crippen LogP contribution is 2.20. The summed E-state index contributed by atoms with van der Waals surface area (Å²) in [6.45, 7) is 3.46. The van der Waals surface area contributed by atoms with Crippen LogP contribution < -0.4 is 10.6 Å². The van der Waals surface area contributed by atoms with Crippen molar-refractivity contribution in [1.82, 2.24) is 14.9 Å². The van der Waals surface area contributed by atoms with Crippen LogP contribution in [-0.2, 0) is 4.79 Å². The van der Waals surface area contributed by atoms with Crippen LogP contribution in [0.1, 0.15) is 6.92 Å². The fourth-order valence-electron chi connectivity index (χ4n) is 2.17. The minimum absolute atomic E-state index is 0.0297. The molecule has 1 aromatic heterocycles. The Morgan fingerprint density at radius 1 is 1.45 bits per heavy atom. The van der Waals surface area contributed by atoms with Crippen LogP contribution in [0.5, 0.6) is 0 Å². The predicted octanol–water partition coefficient (Wildman–Crippen LogP) is -0.190. The van der Waals surface area contributed by atoms with Gasteiger partial charge >= 0.3 is 0 Å². The first-order chi connectivity index (χ1) is 9.49. The number of hydrogen-bond donors (Lipinski definition) is 2. The van der Waals surface area contributed by atoms with Crippen molar-refractivity contribution in [3.63, 3.8) is 0 Å². The van der Waals surface area contributed by atoms with Crippen molar-refractivity contribution >= 4 is 29.3 Å². The molecule has 0 aliphatic carbocycles. The molecule has 0 spiro atoms. The molecule has 1 aliphatic heterocycles. The van der Waals surface area contributed by atoms with E-state index in [4.69, 9.17) is 5.73 Å². The van der Waals surface area contributed by atoms with Gasteiger partial charge in [0.25, 0.3) is 0 Å². The van der Waals surface area contributed by atoms with Crippen molar-refractivity contribution in [2.75, 3.05) is 43.1 Å². The SMILES string of the molecule is CSc1nc(N)cc(N2CCN(C(C)=O)C[C@H](O)C2)n1. The van der Waals surface area contributed by atoms with Gasteiger partial charge in [0, 0.05) is 39.2 Å². The highest BCUT2D eigenvalue weighted by atomic mass is 32.2. The molecule has 2 heterocycles. The molecule has 1 aliphatic rings. The van der Waals surface area contributed by atoms with E-state index in [1.165, 1.54) is 18.7 Å². The monoisotopic (exact) mass is 297 g/mol. The highest BCUT2D eigenvalue weighted by molar-refractivity contribution is 7.98. The van der Waals surface area contributed by atoms with Crippen LogP contribution in [-0.4, -0.2) is 64.4 Å². The Kier molecular flexibility index (Phi) is 4.66. The maximum absolute atomic E-state index is 11.4. The van der Waals surface area contributed by atoms with Crippen LogP contribution in [0.25, 0.3) is 0 Å². The van der Waals surface area contributed by atoms with Crippen LogP contribution in [0, 0.1) is 0 Å². The molecule has 0 aromatic carbocycles. The van der Waals surface area contributed by atoms with Gasteiger partial charge in [-0.1, -0.05) is 11.8 Å². The van der Waals surface area contributed by atoms with Crippen molar-refractivity contribution in [2.24, 2.45) is 0 Å². The summed E-state index contributed by atoms with van der Waals surface area (Å²) in [5, 5.41) is 10.6. The Morgan fingerprint density at radius 3 is 2.85 bits per heavy atom. The van der Waals surface area contributed by atoms with Crippen LogP contribution >= 0.6 is 11.8 Å². The number of aliphatic hydroxyl groups excluding tert-OH is 1. The summed E-state index contributed by atoms with van der Waals surface area (Å²) in [5.74, 6) is 1.06. The Bertz CT molecular complexity index is 499. The van der Waals surface area contributed by atoms with E-state index in [0.29, 0.717) is 43.0 Å². The van der Waals surface area contributed by atoms with Crippen molar-refractivity contribution in [3.05, 3.63) is 6.07 Å². The average molecular weight is 297 g/mol. The highest BCUT2D eigenvalue weighted by Gasteiger charge is 2.23. The molecule has 20 heavy (non-hydrogen) atoms. The van der Waals surface area contributed by atoms with Crippen molar-refractivity contribution < 1.29 is 9.90 Å². The molecule has 0 radical (unpaired) electrons. The van der Waals surface area contributed by atoms with Gasteiger partial charge in [0.15, 0.2) is 5.16 Å². The lowest BCUT2D eigenvalue weighted by Gasteiger charge is -2.23. The van der Waals surface area contributed by atoms with Gasteiger partial charge in [0.1, 0.15) is 11.6 Å². The summed E-state index contributed by atoms with van der Waals surface area (Å²) < 4.78 is 0. The van der Waals surface area contributed by atoms with Crippen LogP contribution in [0.4, 0.5) is 11.6 Å². The molecular weight excluding hydrogens is 278 g/mol. The quantitative estimate of drug-likeness (QED) is 0.577. The molecule has 2 rings (SSSR count).